The van der Waals surface area contributed by atoms with Crippen LogP contribution >= 0.6 is 0 Å². The maximum Gasteiger partial charge on any atom is 0.224 e. The molecule has 17 heavy (non-hydrogen) atoms. The van der Waals surface area contributed by atoms with Crippen molar-refractivity contribution in [2.24, 2.45) is 0 Å². The molecule has 2 N–H and O–H groups in total. The van der Waals surface area contributed by atoms with Gasteiger partial charge in [-0.3, -0.25) is 0 Å². The molecule has 2 aromatic rings. The summed E-state index contributed by atoms with van der Waals surface area (Å²) in [6.45, 7) is 2.90. The zero-order valence-electron chi connectivity index (χ0n) is 9.27. The van der Waals surface area contributed by atoms with Crippen molar-refractivity contribution in [3.8, 4) is 0 Å². The molecule has 90 valence electrons. The van der Waals surface area contributed by atoms with Gasteiger partial charge in [-0.1, -0.05) is 5.16 Å². The topological polar surface area (TPSA) is 75.9 Å². The zero-order chi connectivity index (χ0) is 12.1. The number of nitrogens with zero attached hydrogens (tertiary/aromatic N) is 3. The van der Waals surface area contributed by atoms with Crippen molar-refractivity contribution in [1.29, 1.82) is 0 Å². The average Bonchev–Trinajstić information content (AvgIpc) is 2.83. The van der Waals surface area contributed by atoms with Crippen LogP contribution in [-0.2, 0) is 6.54 Å². The Kier molecular flexibility index (Phi) is 3.49. The molecule has 0 atom stereocenters. The maximum absolute atomic E-state index is 13.4. The molecule has 0 aliphatic heterocycles. The van der Waals surface area contributed by atoms with Crippen molar-refractivity contribution in [3.05, 3.63) is 30.0 Å². The molecule has 2 aromatic heterocycles. The Bertz CT molecular complexity index is 474. The normalized spacial score (nSPS) is 10.2. The van der Waals surface area contributed by atoms with Crippen LogP contribution in [0.3, 0.4) is 0 Å². The van der Waals surface area contributed by atoms with Crippen LogP contribution in [0.5, 0.6) is 0 Å². The lowest BCUT2D eigenvalue weighted by atomic mass is 10.4. The van der Waals surface area contributed by atoms with Gasteiger partial charge in [0.2, 0.25) is 5.95 Å². The number of aromatic nitrogens is 3. The number of hydrogen-bond acceptors (Lipinski definition) is 6. The van der Waals surface area contributed by atoms with E-state index in [0.717, 1.165) is 6.20 Å². The second-order valence-electron chi connectivity index (χ2n) is 3.25. The van der Waals surface area contributed by atoms with Crippen LogP contribution in [0.4, 0.5) is 16.2 Å². The number of halogens is 1. The summed E-state index contributed by atoms with van der Waals surface area (Å²) >= 11 is 0. The molecule has 6 nitrogen and oxygen atoms in total. The van der Waals surface area contributed by atoms with Crippen molar-refractivity contribution in [3.63, 3.8) is 0 Å². The summed E-state index contributed by atoms with van der Waals surface area (Å²) in [6, 6.07) is 1.69. The van der Waals surface area contributed by atoms with Crippen LogP contribution in [0.1, 0.15) is 12.7 Å². The third-order valence-electron chi connectivity index (χ3n) is 2.00. The molecule has 7 heteroatoms. The highest BCUT2D eigenvalue weighted by Crippen LogP contribution is 2.12. The van der Waals surface area contributed by atoms with Crippen LogP contribution in [-0.4, -0.2) is 21.7 Å². The van der Waals surface area contributed by atoms with Crippen molar-refractivity contribution in [1.82, 2.24) is 15.1 Å². The lowest BCUT2D eigenvalue weighted by Gasteiger charge is -2.06. The SMILES string of the molecule is CCNc1ncc(F)c(NCc2ccno2)n1. The smallest absolute Gasteiger partial charge is 0.224 e. The van der Waals surface area contributed by atoms with E-state index in [4.69, 9.17) is 4.52 Å². The Morgan fingerprint density at radius 3 is 3.00 bits per heavy atom. The first-order valence-electron chi connectivity index (χ1n) is 5.19. The van der Waals surface area contributed by atoms with E-state index in [1.54, 1.807) is 6.07 Å². The minimum absolute atomic E-state index is 0.132. The standard InChI is InChI=1S/C10H12FN5O/c1-2-12-10-14-6-8(11)9(16-10)13-5-7-3-4-15-17-7/h3-4,6H,2,5H2,1H3,(H2,12,13,14,16). The van der Waals surface area contributed by atoms with E-state index < -0.39 is 5.82 Å². The summed E-state index contributed by atoms with van der Waals surface area (Å²) in [7, 11) is 0. The van der Waals surface area contributed by atoms with Gasteiger partial charge in [0.1, 0.15) is 0 Å². The molecule has 0 bridgehead atoms. The summed E-state index contributed by atoms with van der Waals surface area (Å²) in [6.07, 6.45) is 2.64. The average molecular weight is 237 g/mol. The molecule has 0 radical (unpaired) electrons. The van der Waals surface area contributed by atoms with Crippen molar-refractivity contribution < 1.29 is 8.91 Å². The Labute approximate surface area is 97.3 Å². The Hall–Kier alpha value is -2.18. The largest absolute Gasteiger partial charge is 0.360 e. The second-order valence-corrected chi connectivity index (χ2v) is 3.25. The van der Waals surface area contributed by atoms with Crippen LogP contribution in [0, 0.1) is 5.82 Å². The fraction of sp³-hybridized carbons (Fsp3) is 0.300. The van der Waals surface area contributed by atoms with E-state index in [1.807, 2.05) is 6.92 Å². The summed E-state index contributed by atoms with van der Waals surface area (Å²) in [5.41, 5.74) is 0. The third kappa shape index (κ3) is 2.90. The quantitative estimate of drug-likeness (QED) is 0.823. The van der Waals surface area contributed by atoms with Gasteiger partial charge >= 0.3 is 0 Å². The minimum atomic E-state index is -0.508. The Morgan fingerprint density at radius 1 is 1.41 bits per heavy atom. The number of hydrogen-bond donors (Lipinski definition) is 2. The number of nitrogens with one attached hydrogen (secondary N) is 2. The van der Waals surface area contributed by atoms with Crippen LogP contribution in [0.15, 0.2) is 23.0 Å². The van der Waals surface area contributed by atoms with E-state index >= 15 is 0 Å². The van der Waals surface area contributed by atoms with Gasteiger partial charge in [0, 0.05) is 12.6 Å². The monoisotopic (exact) mass is 237 g/mol. The van der Waals surface area contributed by atoms with Crippen LogP contribution < -0.4 is 10.6 Å². The summed E-state index contributed by atoms with van der Waals surface area (Å²) in [5, 5.41) is 9.27. The molecular weight excluding hydrogens is 225 g/mol. The maximum atomic E-state index is 13.4. The van der Waals surface area contributed by atoms with Crippen molar-refractivity contribution >= 4 is 11.8 Å². The van der Waals surface area contributed by atoms with Gasteiger partial charge in [0.15, 0.2) is 17.4 Å². The number of rotatable bonds is 5. The second kappa shape index (κ2) is 5.24. The minimum Gasteiger partial charge on any atom is -0.360 e. The molecule has 2 rings (SSSR count). The lowest BCUT2D eigenvalue weighted by Crippen LogP contribution is -2.08. The molecular formula is C10H12FN5O. The molecule has 0 amide bonds. The predicted octanol–water partition coefficient (Wildman–Crippen LogP) is 1.65. The number of anilines is 2. The fourth-order valence-corrected chi connectivity index (χ4v) is 1.24. The van der Waals surface area contributed by atoms with E-state index in [2.05, 4.69) is 25.8 Å². The molecule has 0 aromatic carbocycles. The first kappa shape index (κ1) is 11.3. The van der Waals surface area contributed by atoms with E-state index in [0.29, 0.717) is 24.8 Å². The van der Waals surface area contributed by atoms with Crippen molar-refractivity contribution in [2.75, 3.05) is 17.2 Å². The molecule has 0 spiro atoms. The highest BCUT2D eigenvalue weighted by atomic mass is 19.1. The third-order valence-corrected chi connectivity index (χ3v) is 2.00. The van der Waals surface area contributed by atoms with Gasteiger partial charge in [-0.05, 0) is 6.92 Å². The van der Waals surface area contributed by atoms with E-state index in [1.165, 1.54) is 6.20 Å². The lowest BCUT2D eigenvalue weighted by molar-refractivity contribution is 0.387. The molecule has 0 fully saturated rings. The summed E-state index contributed by atoms with van der Waals surface area (Å²) in [4.78, 5) is 7.79. The molecule has 0 saturated heterocycles. The molecule has 2 heterocycles. The van der Waals surface area contributed by atoms with Gasteiger partial charge in [0.25, 0.3) is 0 Å². The van der Waals surface area contributed by atoms with Gasteiger partial charge in [-0.2, -0.15) is 4.98 Å². The summed E-state index contributed by atoms with van der Waals surface area (Å²) < 4.78 is 18.3. The predicted molar refractivity (Wildman–Crippen MR) is 60.0 cm³/mol. The summed E-state index contributed by atoms with van der Waals surface area (Å²) in [5.74, 6) is 0.612. The van der Waals surface area contributed by atoms with Gasteiger partial charge in [-0.25, -0.2) is 9.37 Å². The molecule has 0 unspecified atom stereocenters. The molecule has 0 aliphatic rings. The van der Waals surface area contributed by atoms with E-state index in [-0.39, 0.29) is 5.82 Å². The fourth-order valence-electron chi connectivity index (χ4n) is 1.24. The van der Waals surface area contributed by atoms with Crippen LogP contribution in [0.25, 0.3) is 0 Å². The van der Waals surface area contributed by atoms with Gasteiger partial charge < -0.3 is 15.2 Å². The first-order chi connectivity index (χ1) is 8.29. The zero-order valence-corrected chi connectivity index (χ0v) is 9.27. The first-order valence-corrected chi connectivity index (χ1v) is 5.19. The molecule has 0 aliphatic carbocycles. The van der Waals surface area contributed by atoms with Gasteiger partial charge in [0.05, 0.1) is 18.9 Å². The Balaban J connectivity index is 2.06. The van der Waals surface area contributed by atoms with E-state index in [9.17, 15) is 4.39 Å². The highest BCUT2D eigenvalue weighted by molar-refractivity contribution is 5.41. The molecule has 0 saturated carbocycles. The Morgan fingerprint density at radius 2 is 2.29 bits per heavy atom. The van der Waals surface area contributed by atoms with Gasteiger partial charge in [-0.15, -0.1) is 0 Å². The highest BCUT2D eigenvalue weighted by Gasteiger charge is 2.07. The van der Waals surface area contributed by atoms with Crippen LogP contribution in [0.2, 0.25) is 0 Å². The van der Waals surface area contributed by atoms with Crippen molar-refractivity contribution in [2.45, 2.75) is 13.5 Å².